The van der Waals surface area contributed by atoms with Crippen LogP contribution < -0.4 is 5.73 Å². The first-order chi connectivity index (χ1) is 9.15. The fraction of sp³-hybridized carbons (Fsp3) is 0.571. The van der Waals surface area contributed by atoms with Gasteiger partial charge in [0.25, 0.3) is 0 Å². The molecule has 2 heterocycles. The largest absolute Gasteiger partial charge is 0.347 e. The van der Waals surface area contributed by atoms with E-state index in [1.165, 1.54) is 0 Å². The molecule has 1 aliphatic rings. The quantitative estimate of drug-likeness (QED) is 0.864. The average molecular weight is 262 g/mol. The second-order valence-corrected chi connectivity index (χ2v) is 5.13. The molecule has 5 nitrogen and oxygen atoms in total. The van der Waals surface area contributed by atoms with Gasteiger partial charge in [0, 0.05) is 26.8 Å². The number of amides is 1. The molecule has 0 saturated carbocycles. The van der Waals surface area contributed by atoms with Crippen molar-refractivity contribution in [2.75, 3.05) is 27.2 Å². The minimum absolute atomic E-state index is 0.0256. The Morgan fingerprint density at radius 1 is 1.58 bits per heavy atom. The summed E-state index contributed by atoms with van der Waals surface area (Å²) in [5, 5.41) is 0. The number of hydrogen-bond acceptors (Lipinski definition) is 4. The molecule has 0 spiro atoms. The predicted molar refractivity (Wildman–Crippen MR) is 74.5 cm³/mol. The molecule has 5 heteroatoms. The maximum Gasteiger partial charge on any atom is 0.239 e. The van der Waals surface area contributed by atoms with Crippen molar-refractivity contribution in [1.29, 1.82) is 0 Å². The monoisotopic (exact) mass is 262 g/mol. The molecule has 2 N–H and O–H groups in total. The maximum atomic E-state index is 12.2. The van der Waals surface area contributed by atoms with Crippen LogP contribution in [0.4, 0.5) is 0 Å². The van der Waals surface area contributed by atoms with Crippen molar-refractivity contribution in [2.24, 2.45) is 5.73 Å². The molecule has 2 atom stereocenters. The Kier molecular flexibility index (Phi) is 4.50. The van der Waals surface area contributed by atoms with E-state index < -0.39 is 0 Å². The van der Waals surface area contributed by atoms with Crippen molar-refractivity contribution in [3.8, 4) is 0 Å². The smallest absolute Gasteiger partial charge is 0.239 e. The highest BCUT2D eigenvalue weighted by Crippen LogP contribution is 2.28. The molecule has 1 aromatic rings. The number of pyridine rings is 1. The second kappa shape index (κ2) is 6.12. The second-order valence-electron chi connectivity index (χ2n) is 5.13. The summed E-state index contributed by atoms with van der Waals surface area (Å²) >= 11 is 0. The molecule has 104 valence electrons. The first-order valence-electron chi connectivity index (χ1n) is 6.73. The van der Waals surface area contributed by atoms with Gasteiger partial charge in [-0.25, -0.2) is 0 Å². The van der Waals surface area contributed by atoms with Gasteiger partial charge in [0.15, 0.2) is 0 Å². The van der Waals surface area contributed by atoms with Gasteiger partial charge in [0.1, 0.15) is 0 Å². The number of aromatic nitrogens is 1. The third kappa shape index (κ3) is 2.93. The minimum atomic E-state index is -0.0643. The number of rotatable bonds is 4. The Hall–Kier alpha value is -1.46. The summed E-state index contributed by atoms with van der Waals surface area (Å²) < 4.78 is 0. The van der Waals surface area contributed by atoms with Crippen LogP contribution in [0.2, 0.25) is 0 Å². The molecule has 1 aliphatic heterocycles. The van der Waals surface area contributed by atoms with Crippen LogP contribution in [0.1, 0.15) is 24.6 Å². The molecule has 0 bridgehead atoms. The summed E-state index contributed by atoms with van der Waals surface area (Å²) in [6, 6.07) is 5.79. The summed E-state index contributed by atoms with van der Waals surface area (Å²) in [5.74, 6) is 0.159. The third-order valence-electron chi connectivity index (χ3n) is 3.67. The van der Waals surface area contributed by atoms with Crippen LogP contribution in [0.25, 0.3) is 0 Å². The van der Waals surface area contributed by atoms with Gasteiger partial charge < -0.3 is 10.6 Å². The highest BCUT2D eigenvalue weighted by molar-refractivity contribution is 5.81. The number of likely N-dealkylation sites (N-methyl/N-ethyl adjacent to an activating group) is 1. The Balaban J connectivity index is 2.20. The first-order valence-corrected chi connectivity index (χ1v) is 6.73. The van der Waals surface area contributed by atoms with Gasteiger partial charge in [-0.2, -0.15) is 0 Å². The molecule has 0 radical (unpaired) electrons. The Bertz CT molecular complexity index is 421. The Morgan fingerprint density at radius 3 is 2.95 bits per heavy atom. The van der Waals surface area contributed by atoms with E-state index in [9.17, 15) is 4.79 Å². The maximum absolute atomic E-state index is 12.2. The van der Waals surface area contributed by atoms with E-state index in [2.05, 4.69) is 9.88 Å². The molecule has 19 heavy (non-hydrogen) atoms. The van der Waals surface area contributed by atoms with E-state index in [1.54, 1.807) is 25.2 Å². The van der Waals surface area contributed by atoms with Crippen LogP contribution in [0.5, 0.6) is 0 Å². The number of hydrogen-bond donors (Lipinski definition) is 1. The van der Waals surface area contributed by atoms with Gasteiger partial charge in [0.05, 0.1) is 17.8 Å². The van der Waals surface area contributed by atoms with Crippen molar-refractivity contribution in [2.45, 2.75) is 24.9 Å². The van der Waals surface area contributed by atoms with Crippen LogP contribution in [0.3, 0.4) is 0 Å². The van der Waals surface area contributed by atoms with Crippen LogP contribution in [-0.2, 0) is 4.79 Å². The third-order valence-corrected chi connectivity index (χ3v) is 3.67. The highest BCUT2D eigenvalue weighted by atomic mass is 16.2. The minimum Gasteiger partial charge on any atom is -0.347 e. The Morgan fingerprint density at radius 2 is 2.37 bits per heavy atom. The van der Waals surface area contributed by atoms with Gasteiger partial charge in [-0.3, -0.25) is 14.7 Å². The zero-order valence-electron chi connectivity index (χ0n) is 11.6. The standard InChI is InChI=1S/C14H22N4O/c1-17(2)14(19)12-7-5-9-18(12)13(10-15)11-6-3-4-8-16-11/h3-4,6,8,12-13H,5,7,9-10,15H2,1-2H3. The summed E-state index contributed by atoms with van der Waals surface area (Å²) in [6.45, 7) is 1.39. The fourth-order valence-corrected chi connectivity index (χ4v) is 2.72. The van der Waals surface area contributed by atoms with E-state index in [1.807, 2.05) is 18.2 Å². The summed E-state index contributed by atoms with van der Waals surface area (Å²) in [5.41, 5.74) is 6.86. The normalized spacial score (nSPS) is 21.3. The van der Waals surface area contributed by atoms with Gasteiger partial charge in [-0.15, -0.1) is 0 Å². The zero-order valence-corrected chi connectivity index (χ0v) is 11.6. The Labute approximate surface area is 114 Å². The van der Waals surface area contributed by atoms with E-state index >= 15 is 0 Å². The molecular formula is C14H22N4O. The number of carbonyl (C=O) groups excluding carboxylic acids is 1. The molecular weight excluding hydrogens is 240 g/mol. The van der Waals surface area contributed by atoms with Crippen molar-refractivity contribution >= 4 is 5.91 Å². The lowest BCUT2D eigenvalue weighted by Gasteiger charge is -2.32. The SMILES string of the molecule is CN(C)C(=O)C1CCCN1C(CN)c1ccccn1. The lowest BCUT2D eigenvalue weighted by atomic mass is 10.1. The number of likely N-dealkylation sites (tertiary alicyclic amines) is 1. The molecule has 1 saturated heterocycles. The molecule has 0 aliphatic carbocycles. The summed E-state index contributed by atoms with van der Waals surface area (Å²) in [4.78, 5) is 20.5. The molecule has 1 amide bonds. The zero-order chi connectivity index (χ0) is 13.8. The van der Waals surface area contributed by atoms with Gasteiger partial charge >= 0.3 is 0 Å². The molecule has 1 fully saturated rings. The van der Waals surface area contributed by atoms with E-state index in [-0.39, 0.29) is 18.0 Å². The summed E-state index contributed by atoms with van der Waals surface area (Å²) in [7, 11) is 3.61. The summed E-state index contributed by atoms with van der Waals surface area (Å²) in [6.07, 6.45) is 3.71. The molecule has 1 aromatic heterocycles. The lowest BCUT2D eigenvalue weighted by molar-refractivity contribution is -0.134. The van der Waals surface area contributed by atoms with Gasteiger partial charge in [0.2, 0.25) is 5.91 Å². The molecule has 0 aromatic carbocycles. The van der Waals surface area contributed by atoms with Crippen LogP contribution in [0.15, 0.2) is 24.4 Å². The number of carbonyl (C=O) groups is 1. The van der Waals surface area contributed by atoms with Crippen LogP contribution in [0, 0.1) is 0 Å². The lowest BCUT2D eigenvalue weighted by Crippen LogP contribution is -2.46. The van der Waals surface area contributed by atoms with Crippen LogP contribution in [-0.4, -0.2) is 53.9 Å². The van der Waals surface area contributed by atoms with E-state index in [0.29, 0.717) is 6.54 Å². The van der Waals surface area contributed by atoms with E-state index in [4.69, 9.17) is 5.73 Å². The average Bonchev–Trinajstić information content (AvgIpc) is 2.89. The van der Waals surface area contributed by atoms with E-state index in [0.717, 1.165) is 25.1 Å². The first kappa shape index (κ1) is 14.0. The van der Waals surface area contributed by atoms with Crippen molar-refractivity contribution in [3.05, 3.63) is 30.1 Å². The van der Waals surface area contributed by atoms with Crippen molar-refractivity contribution in [3.63, 3.8) is 0 Å². The van der Waals surface area contributed by atoms with Crippen LogP contribution >= 0.6 is 0 Å². The topological polar surface area (TPSA) is 62.5 Å². The highest BCUT2D eigenvalue weighted by Gasteiger charge is 2.36. The fourth-order valence-electron chi connectivity index (χ4n) is 2.72. The number of nitrogens with zero attached hydrogens (tertiary/aromatic N) is 3. The van der Waals surface area contributed by atoms with Gasteiger partial charge in [-0.05, 0) is 31.5 Å². The molecule has 2 unspecified atom stereocenters. The molecule has 2 rings (SSSR count). The predicted octanol–water partition coefficient (Wildman–Crippen LogP) is 0.634. The number of nitrogens with two attached hydrogens (primary N) is 1. The van der Waals surface area contributed by atoms with Crippen molar-refractivity contribution in [1.82, 2.24) is 14.8 Å². The van der Waals surface area contributed by atoms with Gasteiger partial charge in [-0.1, -0.05) is 6.07 Å². The van der Waals surface area contributed by atoms with Crippen molar-refractivity contribution < 1.29 is 4.79 Å².